The summed E-state index contributed by atoms with van der Waals surface area (Å²) in [7, 11) is 0. The number of aromatic hydroxyl groups is 1. The van der Waals surface area contributed by atoms with Crippen molar-refractivity contribution >= 4 is 0 Å². The lowest BCUT2D eigenvalue weighted by atomic mass is 9.96. The van der Waals surface area contributed by atoms with E-state index in [1.807, 2.05) is 0 Å². The van der Waals surface area contributed by atoms with Crippen LogP contribution in [-0.4, -0.2) is 10.1 Å². The van der Waals surface area contributed by atoms with Crippen LogP contribution in [0.15, 0.2) is 59.5 Å². The maximum atomic E-state index is 13.4. The van der Waals surface area contributed by atoms with Gasteiger partial charge in [-0.3, -0.25) is 4.79 Å². The van der Waals surface area contributed by atoms with Gasteiger partial charge in [-0.2, -0.15) is 18.4 Å². The third-order valence-electron chi connectivity index (χ3n) is 3.86. The normalized spacial score (nSPS) is 11.2. The highest BCUT2D eigenvalue weighted by atomic mass is 19.4. The second kappa shape index (κ2) is 6.41. The SMILES string of the molecule is N#Cc1c(C(F)(F)F)c(-c2ccc(-c3cccc(O)c3)cc2)c[nH]c1=O. The van der Waals surface area contributed by atoms with Gasteiger partial charge in [-0.25, -0.2) is 0 Å². The van der Waals surface area contributed by atoms with Crippen molar-refractivity contribution in [1.82, 2.24) is 4.98 Å². The Morgan fingerprint density at radius 1 is 1.00 bits per heavy atom. The molecule has 0 aliphatic rings. The number of aromatic amines is 1. The summed E-state index contributed by atoms with van der Waals surface area (Å²) in [5.74, 6) is 0.0743. The van der Waals surface area contributed by atoms with E-state index in [9.17, 15) is 23.1 Å². The molecule has 2 N–H and O–H groups in total. The van der Waals surface area contributed by atoms with Gasteiger partial charge in [0, 0.05) is 11.8 Å². The Bertz CT molecular complexity index is 1060. The summed E-state index contributed by atoms with van der Waals surface area (Å²) in [5, 5.41) is 18.5. The number of phenolic OH excluding ortho intramolecular Hbond substituents is 1. The molecule has 0 aliphatic heterocycles. The number of aromatic nitrogens is 1. The minimum Gasteiger partial charge on any atom is -0.508 e. The molecule has 0 amide bonds. The third-order valence-corrected chi connectivity index (χ3v) is 3.86. The molecule has 0 saturated carbocycles. The van der Waals surface area contributed by atoms with E-state index in [2.05, 4.69) is 4.98 Å². The van der Waals surface area contributed by atoms with Gasteiger partial charge in [-0.05, 0) is 28.8 Å². The summed E-state index contributed by atoms with van der Waals surface area (Å²) in [6, 6.07) is 13.9. The Morgan fingerprint density at radius 2 is 1.65 bits per heavy atom. The van der Waals surface area contributed by atoms with Gasteiger partial charge >= 0.3 is 6.18 Å². The van der Waals surface area contributed by atoms with Crippen LogP contribution in [0.4, 0.5) is 13.2 Å². The first kappa shape index (κ1) is 17.3. The number of hydrogen-bond donors (Lipinski definition) is 2. The Labute approximate surface area is 145 Å². The van der Waals surface area contributed by atoms with Crippen LogP contribution in [0.25, 0.3) is 22.3 Å². The fraction of sp³-hybridized carbons (Fsp3) is 0.0526. The minimum atomic E-state index is -4.85. The number of rotatable bonds is 2. The highest BCUT2D eigenvalue weighted by Gasteiger charge is 2.38. The van der Waals surface area contributed by atoms with Crippen LogP contribution in [0.3, 0.4) is 0 Å². The number of nitrogens with zero attached hydrogens (tertiary/aromatic N) is 1. The fourth-order valence-corrected chi connectivity index (χ4v) is 2.69. The van der Waals surface area contributed by atoms with Crippen molar-refractivity contribution < 1.29 is 18.3 Å². The predicted octanol–water partition coefficient (Wildman–Crippen LogP) is 4.30. The first-order valence-electron chi connectivity index (χ1n) is 7.44. The predicted molar refractivity (Wildman–Crippen MR) is 89.3 cm³/mol. The van der Waals surface area contributed by atoms with Crippen LogP contribution in [0, 0.1) is 11.3 Å². The van der Waals surface area contributed by atoms with E-state index in [1.54, 1.807) is 24.3 Å². The second-order valence-corrected chi connectivity index (χ2v) is 5.52. The van der Waals surface area contributed by atoms with Crippen LogP contribution in [0.1, 0.15) is 11.1 Å². The zero-order valence-electron chi connectivity index (χ0n) is 13.1. The van der Waals surface area contributed by atoms with E-state index >= 15 is 0 Å². The molecule has 0 atom stereocenters. The van der Waals surface area contributed by atoms with E-state index in [0.29, 0.717) is 11.1 Å². The van der Waals surface area contributed by atoms with Crippen LogP contribution in [0.5, 0.6) is 5.75 Å². The van der Waals surface area contributed by atoms with Crippen molar-refractivity contribution in [2.24, 2.45) is 0 Å². The number of pyridine rings is 1. The van der Waals surface area contributed by atoms with Gasteiger partial charge in [0.25, 0.3) is 5.56 Å². The molecule has 0 radical (unpaired) electrons. The summed E-state index contributed by atoms with van der Waals surface area (Å²) in [6.07, 6.45) is -3.89. The van der Waals surface area contributed by atoms with E-state index in [-0.39, 0.29) is 16.9 Å². The van der Waals surface area contributed by atoms with Gasteiger partial charge in [0.1, 0.15) is 17.4 Å². The molecule has 3 aromatic rings. The number of benzene rings is 2. The van der Waals surface area contributed by atoms with E-state index in [0.717, 1.165) is 6.20 Å². The second-order valence-electron chi connectivity index (χ2n) is 5.52. The summed E-state index contributed by atoms with van der Waals surface area (Å²) in [6.45, 7) is 0. The van der Waals surface area contributed by atoms with Crippen molar-refractivity contribution in [3.63, 3.8) is 0 Å². The molecule has 4 nitrogen and oxygen atoms in total. The van der Waals surface area contributed by atoms with Crippen molar-refractivity contribution in [1.29, 1.82) is 5.26 Å². The van der Waals surface area contributed by atoms with Gasteiger partial charge in [0.2, 0.25) is 0 Å². The molecule has 0 spiro atoms. The quantitative estimate of drug-likeness (QED) is 0.718. The maximum absolute atomic E-state index is 13.4. The van der Waals surface area contributed by atoms with E-state index < -0.39 is 22.9 Å². The number of nitriles is 1. The molecule has 3 rings (SSSR count). The van der Waals surface area contributed by atoms with Gasteiger partial charge in [0.15, 0.2) is 0 Å². The van der Waals surface area contributed by atoms with Crippen molar-refractivity contribution in [3.8, 4) is 34.1 Å². The number of hydrogen-bond acceptors (Lipinski definition) is 3. The lowest BCUT2D eigenvalue weighted by Gasteiger charge is -2.14. The highest BCUT2D eigenvalue weighted by Crippen LogP contribution is 2.38. The van der Waals surface area contributed by atoms with Crippen LogP contribution in [-0.2, 0) is 6.18 Å². The molecule has 0 bridgehead atoms. The molecular formula is C19H11F3N2O2. The van der Waals surface area contributed by atoms with E-state index in [4.69, 9.17) is 5.26 Å². The number of H-pyrrole nitrogens is 1. The molecule has 0 saturated heterocycles. The maximum Gasteiger partial charge on any atom is 0.418 e. The molecular weight excluding hydrogens is 345 g/mol. The summed E-state index contributed by atoms with van der Waals surface area (Å²) in [4.78, 5) is 13.7. The molecule has 1 aromatic heterocycles. The van der Waals surface area contributed by atoms with E-state index in [1.165, 1.54) is 30.3 Å². The zero-order valence-corrected chi connectivity index (χ0v) is 13.1. The monoisotopic (exact) mass is 356 g/mol. The molecule has 2 aromatic carbocycles. The molecule has 0 aliphatic carbocycles. The molecule has 0 unspecified atom stereocenters. The lowest BCUT2D eigenvalue weighted by Crippen LogP contribution is -2.20. The van der Waals surface area contributed by atoms with Crippen LogP contribution >= 0.6 is 0 Å². The van der Waals surface area contributed by atoms with Crippen molar-refractivity contribution in [3.05, 3.63) is 76.2 Å². The first-order valence-corrected chi connectivity index (χ1v) is 7.44. The van der Waals surface area contributed by atoms with Gasteiger partial charge in [0.05, 0.1) is 5.56 Å². The minimum absolute atomic E-state index is 0.0743. The van der Waals surface area contributed by atoms with Gasteiger partial charge in [-0.15, -0.1) is 0 Å². The van der Waals surface area contributed by atoms with Crippen molar-refractivity contribution in [2.75, 3.05) is 0 Å². The van der Waals surface area contributed by atoms with Gasteiger partial charge < -0.3 is 10.1 Å². The topological polar surface area (TPSA) is 76.9 Å². The fourth-order valence-electron chi connectivity index (χ4n) is 2.69. The van der Waals surface area contributed by atoms with Crippen molar-refractivity contribution in [2.45, 2.75) is 6.18 Å². The summed E-state index contributed by atoms with van der Waals surface area (Å²) in [5.41, 5.74) is -1.99. The first-order chi connectivity index (χ1) is 12.3. The zero-order chi connectivity index (χ0) is 18.9. The standard InChI is InChI=1S/C19H11F3N2O2/c20-19(21,22)17-15(9-23)18(26)24-10-16(17)12-6-4-11(5-7-12)13-2-1-3-14(25)8-13/h1-8,10,25H,(H,24,26). The lowest BCUT2D eigenvalue weighted by molar-refractivity contribution is -0.137. The van der Waals surface area contributed by atoms with Crippen LogP contribution < -0.4 is 5.56 Å². The van der Waals surface area contributed by atoms with Gasteiger partial charge in [-0.1, -0.05) is 36.4 Å². The Kier molecular flexibility index (Phi) is 4.26. The summed E-state index contributed by atoms with van der Waals surface area (Å²) >= 11 is 0. The largest absolute Gasteiger partial charge is 0.508 e. The molecule has 130 valence electrons. The molecule has 0 fully saturated rings. The summed E-state index contributed by atoms with van der Waals surface area (Å²) < 4.78 is 40.3. The molecule has 7 heteroatoms. The molecule has 26 heavy (non-hydrogen) atoms. The Hall–Kier alpha value is -3.53. The average Bonchev–Trinajstić information content (AvgIpc) is 2.61. The highest BCUT2D eigenvalue weighted by molar-refractivity contribution is 5.74. The number of alkyl halides is 3. The van der Waals surface area contributed by atoms with Crippen LogP contribution in [0.2, 0.25) is 0 Å². The number of phenols is 1. The number of halogens is 3. The third kappa shape index (κ3) is 3.17. The Morgan fingerprint density at radius 3 is 2.23 bits per heavy atom. The molecule has 1 heterocycles. The number of nitrogens with one attached hydrogen (secondary N) is 1. The Balaban J connectivity index is 2.14. The smallest absolute Gasteiger partial charge is 0.418 e. The average molecular weight is 356 g/mol.